The van der Waals surface area contributed by atoms with Crippen molar-refractivity contribution in [2.75, 3.05) is 38.2 Å². The smallest absolute Gasteiger partial charge is 0.292 e. The summed E-state index contributed by atoms with van der Waals surface area (Å²) >= 11 is 5.89. The molecule has 1 fully saturated rings. The summed E-state index contributed by atoms with van der Waals surface area (Å²) in [4.78, 5) is 21.0. The van der Waals surface area contributed by atoms with E-state index in [1.807, 2.05) is 36.4 Å². The van der Waals surface area contributed by atoms with E-state index in [2.05, 4.69) is 15.0 Å². The number of piperazine rings is 1. The van der Waals surface area contributed by atoms with Crippen molar-refractivity contribution in [1.29, 1.82) is 0 Å². The van der Waals surface area contributed by atoms with Crippen LogP contribution < -0.4 is 9.64 Å². The number of carbonyl (C=O) groups excluding carboxylic acids is 1. The molecule has 0 bridgehead atoms. The first-order valence-electron chi connectivity index (χ1n) is 9.36. The lowest BCUT2D eigenvalue weighted by Gasteiger charge is -2.34. The van der Waals surface area contributed by atoms with Crippen molar-refractivity contribution in [2.24, 2.45) is 0 Å². The number of carbonyl (C=O) groups is 1. The molecule has 0 spiro atoms. The summed E-state index contributed by atoms with van der Waals surface area (Å²) in [6, 6.07) is 13.2. The highest BCUT2D eigenvalue weighted by molar-refractivity contribution is 6.30. The quantitative estimate of drug-likeness (QED) is 0.640. The Bertz CT molecular complexity index is 982. The van der Waals surface area contributed by atoms with Crippen LogP contribution in [0.3, 0.4) is 0 Å². The molecular weight excluding hydrogens is 392 g/mol. The van der Waals surface area contributed by atoms with Crippen LogP contribution in [0.1, 0.15) is 21.8 Å². The van der Waals surface area contributed by atoms with Crippen molar-refractivity contribution < 1.29 is 14.1 Å². The number of anilines is 1. The average Bonchev–Trinajstić information content (AvgIpc) is 3.22. The second-order valence-electron chi connectivity index (χ2n) is 6.82. The Morgan fingerprint density at radius 2 is 2.00 bits per heavy atom. The molecule has 1 aromatic carbocycles. The van der Waals surface area contributed by atoms with Crippen LogP contribution in [0, 0.1) is 0 Å². The number of benzene rings is 1. The number of nitrogens with zero attached hydrogens (tertiary/aromatic N) is 4. The highest BCUT2D eigenvalue weighted by Crippen LogP contribution is 2.19. The maximum atomic E-state index is 12.8. The molecule has 0 unspecified atom stereocenters. The third-order valence-corrected chi connectivity index (χ3v) is 5.12. The zero-order valence-electron chi connectivity index (χ0n) is 16.0. The Labute approximate surface area is 173 Å². The maximum Gasteiger partial charge on any atom is 0.292 e. The molecule has 3 heterocycles. The molecule has 29 heavy (non-hydrogen) atoms. The molecule has 0 atom stereocenters. The molecule has 3 aromatic rings. The first kappa shape index (κ1) is 19.3. The van der Waals surface area contributed by atoms with Gasteiger partial charge in [-0.2, -0.15) is 0 Å². The van der Waals surface area contributed by atoms with E-state index in [0.717, 1.165) is 17.1 Å². The largest absolute Gasteiger partial charge is 0.497 e. The Morgan fingerprint density at radius 1 is 1.17 bits per heavy atom. The number of hydrogen-bond donors (Lipinski definition) is 0. The summed E-state index contributed by atoms with van der Waals surface area (Å²) in [5.74, 6) is 1.77. The summed E-state index contributed by atoms with van der Waals surface area (Å²) in [6.07, 6.45) is 2.21. The predicted molar refractivity (Wildman–Crippen MR) is 110 cm³/mol. The number of methoxy groups -OCH3 is 1. The number of hydrogen-bond acceptors (Lipinski definition) is 6. The first-order chi connectivity index (χ1) is 14.1. The number of aromatic nitrogens is 2. The number of rotatable bonds is 5. The molecule has 150 valence electrons. The molecule has 7 nitrogen and oxygen atoms in total. The first-order valence-corrected chi connectivity index (χ1v) is 9.74. The van der Waals surface area contributed by atoms with Gasteiger partial charge in [0.05, 0.1) is 17.8 Å². The number of pyridine rings is 1. The average molecular weight is 413 g/mol. The molecule has 0 saturated carbocycles. The number of ether oxygens (including phenoxy) is 1. The van der Waals surface area contributed by atoms with Crippen LogP contribution in [0.15, 0.2) is 53.2 Å². The SMILES string of the molecule is COc1cccc(Cc2cc(C(=O)N3CCN(c4ccc(Cl)cn4)CC3)on2)c1. The van der Waals surface area contributed by atoms with E-state index in [1.165, 1.54) is 0 Å². The summed E-state index contributed by atoms with van der Waals surface area (Å²) in [5.41, 5.74) is 1.76. The van der Waals surface area contributed by atoms with Gasteiger partial charge in [0.2, 0.25) is 5.76 Å². The van der Waals surface area contributed by atoms with Crippen LogP contribution in [-0.4, -0.2) is 54.2 Å². The third kappa shape index (κ3) is 4.51. The van der Waals surface area contributed by atoms with E-state index in [0.29, 0.717) is 43.3 Å². The normalized spacial score (nSPS) is 14.1. The lowest BCUT2D eigenvalue weighted by Crippen LogP contribution is -2.49. The predicted octanol–water partition coefficient (Wildman–Crippen LogP) is 3.28. The summed E-state index contributed by atoms with van der Waals surface area (Å²) in [6.45, 7) is 2.58. The van der Waals surface area contributed by atoms with E-state index in [9.17, 15) is 4.79 Å². The van der Waals surface area contributed by atoms with Crippen LogP contribution in [0.5, 0.6) is 5.75 Å². The van der Waals surface area contributed by atoms with Crippen LogP contribution >= 0.6 is 11.6 Å². The summed E-state index contributed by atoms with van der Waals surface area (Å²) in [7, 11) is 1.63. The lowest BCUT2D eigenvalue weighted by atomic mass is 10.1. The highest BCUT2D eigenvalue weighted by atomic mass is 35.5. The fraction of sp³-hybridized carbons (Fsp3) is 0.286. The summed E-state index contributed by atoms with van der Waals surface area (Å²) in [5, 5.41) is 4.67. The number of halogens is 1. The van der Waals surface area contributed by atoms with Gasteiger partial charge in [0, 0.05) is 44.9 Å². The van der Waals surface area contributed by atoms with Crippen molar-refractivity contribution in [3.63, 3.8) is 0 Å². The minimum atomic E-state index is -0.141. The summed E-state index contributed by atoms with van der Waals surface area (Å²) < 4.78 is 10.6. The zero-order chi connectivity index (χ0) is 20.2. The van der Waals surface area contributed by atoms with Crippen LogP contribution in [0.2, 0.25) is 5.02 Å². The molecule has 0 aliphatic carbocycles. The maximum absolute atomic E-state index is 12.8. The minimum absolute atomic E-state index is 0.141. The molecule has 0 radical (unpaired) electrons. The second-order valence-corrected chi connectivity index (χ2v) is 7.26. The standard InChI is InChI=1S/C21H21ClN4O3/c1-28-18-4-2-3-15(12-18)11-17-13-19(29-24-17)21(27)26-9-7-25(8-10-26)20-6-5-16(22)14-23-20/h2-6,12-14H,7-11H2,1H3. The third-order valence-electron chi connectivity index (χ3n) is 4.89. The van der Waals surface area contributed by atoms with Crippen molar-refractivity contribution >= 4 is 23.3 Å². The number of amides is 1. The molecule has 8 heteroatoms. The molecule has 0 N–H and O–H groups in total. The van der Waals surface area contributed by atoms with Crippen molar-refractivity contribution in [2.45, 2.75) is 6.42 Å². The van der Waals surface area contributed by atoms with E-state index in [4.69, 9.17) is 20.9 Å². The monoisotopic (exact) mass is 412 g/mol. The Balaban J connectivity index is 1.36. The van der Waals surface area contributed by atoms with E-state index in [1.54, 1.807) is 24.3 Å². The van der Waals surface area contributed by atoms with Crippen LogP contribution in [-0.2, 0) is 6.42 Å². The Morgan fingerprint density at radius 3 is 2.72 bits per heavy atom. The molecule has 1 aliphatic rings. The van der Waals surface area contributed by atoms with Gasteiger partial charge in [-0.1, -0.05) is 28.9 Å². The van der Waals surface area contributed by atoms with Gasteiger partial charge in [-0.05, 0) is 29.8 Å². The topological polar surface area (TPSA) is 71.7 Å². The zero-order valence-corrected chi connectivity index (χ0v) is 16.8. The fourth-order valence-corrected chi connectivity index (χ4v) is 3.45. The van der Waals surface area contributed by atoms with Gasteiger partial charge in [0.1, 0.15) is 11.6 Å². The van der Waals surface area contributed by atoms with Crippen LogP contribution in [0.4, 0.5) is 5.82 Å². The van der Waals surface area contributed by atoms with Gasteiger partial charge in [0.15, 0.2) is 0 Å². The van der Waals surface area contributed by atoms with Gasteiger partial charge in [-0.3, -0.25) is 4.79 Å². The molecule has 1 amide bonds. The fourth-order valence-electron chi connectivity index (χ4n) is 3.34. The molecule has 1 aliphatic heterocycles. The van der Waals surface area contributed by atoms with Crippen molar-refractivity contribution in [3.8, 4) is 5.75 Å². The van der Waals surface area contributed by atoms with Gasteiger partial charge in [0.25, 0.3) is 5.91 Å². The van der Waals surface area contributed by atoms with Gasteiger partial charge < -0.3 is 19.1 Å². The van der Waals surface area contributed by atoms with Gasteiger partial charge in [-0.25, -0.2) is 4.98 Å². The van der Waals surface area contributed by atoms with Crippen LogP contribution in [0.25, 0.3) is 0 Å². The molecule has 2 aromatic heterocycles. The molecule has 4 rings (SSSR count). The van der Waals surface area contributed by atoms with E-state index < -0.39 is 0 Å². The van der Waals surface area contributed by atoms with Crippen molar-refractivity contribution in [3.05, 3.63) is 70.7 Å². The Hall–Kier alpha value is -3.06. The van der Waals surface area contributed by atoms with Crippen molar-refractivity contribution in [1.82, 2.24) is 15.0 Å². The lowest BCUT2D eigenvalue weighted by molar-refractivity contribution is 0.0704. The molecule has 1 saturated heterocycles. The van der Waals surface area contributed by atoms with Gasteiger partial charge >= 0.3 is 0 Å². The van der Waals surface area contributed by atoms with E-state index >= 15 is 0 Å². The molecular formula is C21H21ClN4O3. The highest BCUT2D eigenvalue weighted by Gasteiger charge is 2.25. The van der Waals surface area contributed by atoms with E-state index in [-0.39, 0.29) is 11.7 Å². The van der Waals surface area contributed by atoms with Gasteiger partial charge in [-0.15, -0.1) is 0 Å². The second kappa shape index (κ2) is 8.53. The minimum Gasteiger partial charge on any atom is -0.497 e. The Kier molecular flexibility index (Phi) is 5.67.